The van der Waals surface area contributed by atoms with Crippen molar-refractivity contribution in [2.24, 2.45) is 0 Å². The summed E-state index contributed by atoms with van der Waals surface area (Å²) in [6.07, 6.45) is 0.841. The Kier molecular flexibility index (Phi) is 3.40. The second kappa shape index (κ2) is 4.72. The lowest BCUT2D eigenvalue weighted by molar-refractivity contribution is 0.0697. The van der Waals surface area contributed by atoms with Crippen molar-refractivity contribution >= 4 is 16.9 Å². The Bertz CT molecular complexity index is 651. The van der Waals surface area contributed by atoms with Crippen LogP contribution in [0.1, 0.15) is 54.0 Å². The summed E-state index contributed by atoms with van der Waals surface area (Å²) in [4.78, 5) is 11.2. The van der Waals surface area contributed by atoms with Gasteiger partial charge < -0.3 is 9.67 Å². The number of aromatic nitrogens is 1. The Balaban J connectivity index is 2.94. The molecule has 3 nitrogen and oxygen atoms in total. The quantitative estimate of drug-likeness (QED) is 0.901. The first-order chi connectivity index (χ1) is 8.88. The van der Waals surface area contributed by atoms with Gasteiger partial charge in [-0.05, 0) is 57.4 Å². The maximum Gasteiger partial charge on any atom is 0.335 e. The number of rotatable bonds is 3. The number of aryl methyl sites for hydroxylation is 2. The molecule has 0 aliphatic heterocycles. The summed E-state index contributed by atoms with van der Waals surface area (Å²) in [5.41, 5.74) is 5.09. The highest BCUT2D eigenvalue weighted by atomic mass is 16.4. The van der Waals surface area contributed by atoms with Gasteiger partial charge in [-0.1, -0.05) is 6.92 Å². The minimum atomic E-state index is -0.856. The molecule has 102 valence electrons. The van der Waals surface area contributed by atoms with E-state index >= 15 is 0 Å². The fourth-order valence-electron chi connectivity index (χ4n) is 2.85. The number of carboxylic acid groups (broad SMARTS) is 1. The third kappa shape index (κ3) is 2.03. The Morgan fingerprint density at radius 1 is 1.32 bits per heavy atom. The van der Waals surface area contributed by atoms with Crippen molar-refractivity contribution in [2.75, 3.05) is 0 Å². The highest BCUT2D eigenvalue weighted by molar-refractivity contribution is 5.97. The van der Waals surface area contributed by atoms with Crippen LogP contribution >= 0.6 is 0 Å². The van der Waals surface area contributed by atoms with E-state index in [1.54, 1.807) is 6.07 Å². The standard InChI is InChI=1S/C16H21NO2/c1-6-12-7-13(16(18)19)8-14-10(4)11(5)17(9(2)3)15(12)14/h7-9H,6H2,1-5H3,(H,18,19). The summed E-state index contributed by atoms with van der Waals surface area (Å²) in [7, 11) is 0. The molecule has 2 rings (SSSR count). The number of carbonyl (C=O) groups is 1. The van der Waals surface area contributed by atoms with Gasteiger partial charge >= 0.3 is 5.97 Å². The van der Waals surface area contributed by atoms with E-state index in [-0.39, 0.29) is 0 Å². The van der Waals surface area contributed by atoms with Crippen LogP contribution in [0.25, 0.3) is 10.9 Å². The number of fused-ring (bicyclic) bond motifs is 1. The average molecular weight is 259 g/mol. The van der Waals surface area contributed by atoms with E-state index in [0.717, 1.165) is 17.4 Å². The molecule has 0 aliphatic carbocycles. The van der Waals surface area contributed by atoms with Gasteiger partial charge in [0.2, 0.25) is 0 Å². The molecule has 0 saturated heterocycles. The van der Waals surface area contributed by atoms with Crippen LogP contribution in [0.5, 0.6) is 0 Å². The van der Waals surface area contributed by atoms with Crippen LogP contribution in [-0.4, -0.2) is 15.6 Å². The Morgan fingerprint density at radius 2 is 1.95 bits per heavy atom. The van der Waals surface area contributed by atoms with E-state index in [4.69, 9.17) is 0 Å². The number of aromatic carboxylic acids is 1. The van der Waals surface area contributed by atoms with Crippen molar-refractivity contribution in [3.8, 4) is 0 Å². The predicted molar refractivity (Wildman–Crippen MR) is 78.1 cm³/mol. The molecule has 0 atom stereocenters. The predicted octanol–water partition coefficient (Wildman–Crippen LogP) is 4.10. The molecule has 0 spiro atoms. The van der Waals surface area contributed by atoms with Crippen molar-refractivity contribution in [3.63, 3.8) is 0 Å². The van der Waals surface area contributed by atoms with Crippen molar-refractivity contribution < 1.29 is 9.90 Å². The van der Waals surface area contributed by atoms with E-state index in [0.29, 0.717) is 11.6 Å². The smallest absolute Gasteiger partial charge is 0.335 e. The molecule has 2 aromatic rings. The van der Waals surface area contributed by atoms with Gasteiger partial charge in [-0.25, -0.2) is 4.79 Å². The van der Waals surface area contributed by atoms with E-state index in [9.17, 15) is 9.90 Å². The van der Waals surface area contributed by atoms with Gasteiger partial charge in [0.1, 0.15) is 0 Å². The van der Waals surface area contributed by atoms with Crippen LogP contribution in [0.2, 0.25) is 0 Å². The Labute approximate surface area is 113 Å². The first-order valence-corrected chi connectivity index (χ1v) is 6.75. The molecule has 0 unspecified atom stereocenters. The number of hydrogen-bond acceptors (Lipinski definition) is 1. The molecule has 0 bridgehead atoms. The SMILES string of the molecule is CCc1cc(C(=O)O)cc2c(C)c(C)n(C(C)C)c12. The van der Waals surface area contributed by atoms with Gasteiger partial charge in [-0.3, -0.25) is 0 Å². The van der Waals surface area contributed by atoms with Gasteiger partial charge in [0.25, 0.3) is 0 Å². The molecule has 0 radical (unpaired) electrons. The first-order valence-electron chi connectivity index (χ1n) is 6.75. The zero-order chi connectivity index (χ0) is 14.3. The molecule has 1 aromatic heterocycles. The molecule has 0 fully saturated rings. The molecule has 0 amide bonds. The second-order valence-corrected chi connectivity index (χ2v) is 5.36. The number of benzene rings is 1. The summed E-state index contributed by atoms with van der Waals surface area (Å²) in [5.74, 6) is -0.856. The molecule has 19 heavy (non-hydrogen) atoms. The Morgan fingerprint density at radius 3 is 2.42 bits per heavy atom. The number of hydrogen-bond donors (Lipinski definition) is 1. The van der Waals surface area contributed by atoms with Crippen molar-refractivity contribution in [1.82, 2.24) is 4.57 Å². The van der Waals surface area contributed by atoms with Gasteiger partial charge in [0, 0.05) is 17.1 Å². The summed E-state index contributed by atoms with van der Waals surface area (Å²) in [6.45, 7) is 10.6. The lowest BCUT2D eigenvalue weighted by Crippen LogP contribution is -2.05. The minimum Gasteiger partial charge on any atom is -0.478 e. The molecular weight excluding hydrogens is 238 g/mol. The zero-order valence-corrected chi connectivity index (χ0v) is 12.2. The Hall–Kier alpha value is -1.77. The summed E-state index contributed by atoms with van der Waals surface area (Å²) >= 11 is 0. The van der Waals surface area contributed by atoms with Crippen molar-refractivity contribution in [2.45, 2.75) is 47.1 Å². The van der Waals surface area contributed by atoms with Crippen LogP contribution in [-0.2, 0) is 6.42 Å². The van der Waals surface area contributed by atoms with Gasteiger partial charge in [0.05, 0.1) is 11.1 Å². The van der Waals surface area contributed by atoms with Crippen LogP contribution < -0.4 is 0 Å². The maximum atomic E-state index is 11.2. The van der Waals surface area contributed by atoms with Gasteiger partial charge in [0.15, 0.2) is 0 Å². The lowest BCUT2D eigenvalue weighted by atomic mass is 10.0. The molecule has 0 saturated carbocycles. The molecular formula is C16H21NO2. The molecule has 3 heteroatoms. The fourth-order valence-corrected chi connectivity index (χ4v) is 2.85. The summed E-state index contributed by atoms with van der Waals surface area (Å²) in [5, 5.41) is 10.3. The largest absolute Gasteiger partial charge is 0.478 e. The second-order valence-electron chi connectivity index (χ2n) is 5.36. The number of carboxylic acids is 1. The lowest BCUT2D eigenvalue weighted by Gasteiger charge is -2.15. The molecule has 1 N–H and O–H groups in total. The minimum absolute atomic E-state index is 0.372. The third-order valence-electron chi connectivity index (χ3n) is 3.88. The van der Waals surface area contributed by atoms with Crippen LogP contribution in [0, 0.1) is 13.8 Å². The molecule has 0 aliphatic rings. The van der Waals surface area contributed by atoms with Crippen LogP contribution in [0.3, 0.4) is 0 Å². The first kappa shape index (κ1) is 13.7. The van der Waals surface area contributed by atoms with Gasteiger partial charge in [-0.2, -0.15) is 0 Å². The summed E-state index contributed by atoms with van der Waals surface area (Å²) < 4.78 is 2.31. The zero-order valence-electron chi connectivity index (χ0n) is 12.2. The summed E-state index contributed by atoms with van der Waals surface area (Å²) in [6, 6.07) is 3.98. The molecule has 1 aromatic carbocycles. The average Bonchev–Trinajstić information content (AvgIpc) is 2.61. The monoisotopic (exact) mass is 259 g/mol. The normalized spacial score (nSPS) is 11.5. The van der Waals surface area contributed by atoms with E-state index < -0.39 is 5.97 Å². The van der Waals surface area contributed by atoms with E-state index in [2.05, 4.69) is 39.2 Å². The van der Waals surface area contributed by atoms with Crippen LogP contribution in [0.4, 0.5) is 0 Å². The van der Waals surface area contributed by atoms with E-state index in [1.807, 2.05) is 6.07 Å². The molecule has 1 heterocycles. The maximum absolute atomic E-state index is 11.2. The van der Waals surface area contributed by atoms with Gasteiger partial charge in [-0.15, -0.1) is 0 Å². The van der Waals surface area contributed by atoms with Crippen LogP contribution in [0.15, 0.2) is 12.1 Å². The fraction of sp³-hybridized carbons (Fsp3) is 0.438. The third-order valence-corrected chi connectivity index (χ3v) is 3.88. The topological polar surface area (TPSA) is 42.2 Å². The number of nitrogens with zero attached hydrogens (tertiary/aromatic N) is 1. The highest BCUT2D eigenvalue weighted by Gasteiger charge is 2.18. The van der Waals surface area contributed by atoms with Crippen molar-refractivity contribution in [3.05, 3.63) is 34.5 Å². The highest BCUT2D eigenvalue weighted by Crippen LogP contribution is 2.32. The van der Waals surface area contributed by atoms with Crippen molar-refractivity contribution in [1.29, 1.82) is 0 Å². The van der Waals surface area contributed by atoms with E-state index in [1.165, 1.54) is 16.8 Å².